The van der Waals surface area contributed by atoms with E-state index in [0.29, 0.717) is 18.9 Å². The van der Waals surface area contributed by atoms with Gasteiger partial charge in [-0.05, 0) is 43.9 Å². The Morgan fingerprint density at radius 2 is 2.17 bits per heavy atom. The van der Waals surface area contributed by atoms with E-state index in [0.717, 1.165) is 17.7 Å². The van der Waals surface area contributed by atoms with Gasteiger partial charge in [0.2, 0.25) is 11.9 Å². The molecular formula is C21H29ClN6O2. The number of aliphatic hydroxyl groups is 1. The number of nitrogen functional groups attached to an aromatic ring is 1. The van der Waals surface area contributed by atoms with Crippen molar-refractivity contribution in [2.45, 2.75) is 59.0 Å². The Kier molecular flexibility index (Phi) is 6.77. The summed E-state index contributed by atoms with van der Waals surface area (Å²) in [6.07, 6.45) is 3.07. The molecule has 2 unspecified atom stereocenters. The quantitative estimate of drug-likeness (QED) is 0.574. The van der Waals surface area contributed by atoms with Crippen molar-refractivity contribution < 1.29 is 9.90 Å². The number of pyridine rings is 1. The third-order valence-corrected chi connectivity index (χ3v) is 5.92. The summed E-state index contributed by atoms with van der Waals surface area (Å²) < 4.78 is 0. The zero-order valence-electron chi connectivity index (χ0n) is 17.9. The van der Waals surface area contributed by atoms with Crippen LogP contribution < -0.4 is 16.0 Å². The maximum Gasteiger partial charge on any atom is 0.223 e. The number of fused-ring (bicyclic) bond motifs is 1. The zero-order valence-corrected chi connectivity index (χ0v) is 18.6. The van der Waals surface area contributed by atoms with Crippen LogP contribution in [0.2, 0.25) is 5.15 Å². The summed E-state index contributed by atoms with van der Waals surface area (Å²) in [6, 6.07) is -0.306. The SMILES string of the molecule is CCc1c(C)cnc(CN2CC(CC(=O)NC(C)CO)c3c(Cl)nc(N)nc32)c1C. The molecule has 1 amide bonds. The van der Waals surface area contributed by atoms with Gasteiger partial charge in [-0.1, -0.05) is 18.5 Å². The Morgan fingerprint density at radius 1 is 1.43 bits per heavy atom. The van der Waals surface area contributed by atoms with Crippen molar-refractivity contribution in [3.63, 3.8) is 0 Å². The standard InChI is InChI=1S/C21H29ClN6O2/c1-5-15-11(2)7-24-16(13(15)4)9-28-8-14(6-17(30)25-12(3)10-29)18-19(22)26-21(23)27-20(18)28/h7,12,14,29H,5-6,8-10H2,1-4H3,(H,25,30)(H2,23,26,27). The van der Waals surface area contributed by atoms with Gasteiger partial charge in [0.15, 0.2) is 0 Å². The highest BCUT2D eigenvalue weighted by Crippen LogP contribution is 2.41. The smallest absolute Gasteiger partial charge is 0.223 e. The van der Waals surface area contributed by atoms with E-state index in [2.05, 4.69) is 45.9 Å². The largest absolute Gasteiger partial charge is 0.394 e. The molecule has 0 saturated carbocycles. The average Bonchev–Trinajstić information content (AvgIpc) is 3.01. The summed E-state index contributed by atoms with van der Waals surface area (Å²) in [5, 5.41) is 12.2. The molecule has 2 atom stereocenters. The number of amides is 1. The summed E-state index contributed by atoms with van der Waals surface area (Å²) in [4.78, 5) is 27.7. The minimum absolute atomic E-state index is 0.102. The van der Waals surface area contributed by atoms with Crippen LogP contribution in [-0.2, 0) is 17.8 Å². The molecule has 0 saturated heterocycles. The number of nitrogens with zero attached hydrogens (tertiary/aromatic N) is 4. The highest BCUT2D eigenvalue weighted by atomic mass is 35.5. The number of halogens is 1. The normalized spacial score (nSPS) is 16.5. The first-order valence-electron chi connectivity index (χ1n) is 10.2. The van der Waals surface area contributed by atoms with Crippen molar-refractivity contribution >= 4 is 29.3 Å². The van der Waals surface area contributed by atoms with Crippen LogP contribution >= 0.6 is 11.6 Å². The number of hydrogen-bond acceptors (Lipinski definition) is 7. The summed E-state index contributed by atoms with van der Waals surface area (Å²) in [7, 11) is 0. The predicted octanol–water partition coefficient (Wildman–Crippen LogP) is 2.28. The lowest BCUT2D eigenvalue weighted by Crippen LogP contribution is -2.36. The van der Waals surface area contributed by atoms with Gasteiger partial charge in [-0.2, -0.15) is 4.98 Å². The van der Waals surface area contributed by atoms with E-state index in [1.165, 1.54) is 16.7 Å². The molecule has 2 aromatic heterocycles. The predicted molar refractivity (Wildman–Crippen MR) is 118 cm³/mol. The van der Waals surface area contributed by atoms with Gasteiger partial charge in [-0.15, -0.1) is 0 Å². The molecular weight excluding hydrogens is 404 g/mol. The molecule has 3 heterocycles. The topological polar surface area (TPSA) is 117 Å². The molecule has 1 aliphatic rings. The minimum atomic E-state index is -0.306. The molecule has 0 aliphatic carbocycles. The van der Waals surface area contributed by atoms with Gasteiger partial charge in [-0.25, -0.2) is 4.98 Å². The third kappa shape index (κ3) is 4.49. The zero-order chi connectivity index (χ0) is 22.0. The van der Waals surface area contributed by atoms with E-state index in [4.69, 9.17) is 17.3 Å². The summed E-state index contributed by atoms with van der Waals surface area (Å²) >= 11 is 6.41. The van der Waals surface area contributed by atoms with Gasteiger partial charge in [0, 0.05) is 36.7 Å². The number of nitrogens with one attached hydrogen (secondary N) is 1. The number of hydrogen-bond donors (Lipinski definition) is 3. The third-order valence-electron chi connectivity index (χ3n) is 5.63. The fourth-order valence-electron chi connectivity index (χ4n) is 4.10. The fourth-order valence-corrected chi connectivity index (χ4v) is 4.42. The second-order valence-corrected chi connectivity index (χ2v) is 8.25. The van der Waals surface area contributed by atoms with Crippen molar-refractivity contribution in [2.24, 2.45) is 0 Å². The lowest BCUT2D eigenvalue weighted by atomic mass is 10.00. The van der Waals surface area contributed by atoms with Crippen molar-refractivity contribution in [2.75, 3.05) is 23.8 Å². The van der Waals surface area contributed by atoms with Gasteiger partial charge in [0.25, 0.3) is 0 Å². The molecule has 3 rings (SSSR count). The first kappa shape index (κ1) is 22.2. The Hall–Kier alpha value is -2.45. The molecule has 2 aromatic rings. The molecule has 30 heavy (non-hydrogen) atoms. The van der Waals surface area contributed by atoms with E-state index < -0.39 is 0 Å². The number of aromatic nitrogens is 3. The lowest BCUT2D eigenvalue weighted by Gasteiger charge is -2.21. The number of rotatable bonds is 7. The molecule has 0 bridgehead atoms. The van der Waals surface area contributed by atoms with Crippen LogP contribution in [-0.4, -0.2) is 45.2 Å². The van der Waals surface area contributed by atoms with Crippen LogP contribution in [0.1, 0.15) is 54.1 Å². The van der Waals surface area contributed by atoms with E-state index in [-0.39, 0.29) is 42.0 Å². The number of carbonyl (C=O) groups excluding carboxylic acids is 1. The monoisotopic (exact) mass is 432 g/mol. The van der Waals surface area contributed by atoms with Crippen LogP contribution in [0.15, 0.2) is 6.20 Å². The van der Waals surface area contributed by atoms with E-state index >= 15 is 0 Å². The van der Waals surface area contributed by atoms with Crippen LogP contribution in [0.4, 0.5) is 11.8 Å². The molecule has 0 radical (unpaired) electrons. The molecule has 0 spiro atoms. The Bertz CT molecular complexity index is 952. The average molecular weight is 433 g/mol. The number of aryl methyl sites for hydroxylation is 1. The van der Waals surface area contributed by atoms with Crippen molar-refractivity contribution in [1.29, 1.82) is 0 Å². The van der Waals surface area contributed by atoms with Crippen LogP contribution in [0.3, 0.4) is 0 Å². The van der Waals surface area contributed by atoms with Gasteiger partial charge >= 0.3 is 0 Å². The van der Waals surface area contributed by atoms with Crippen molar-refractivity contribution in [1.82, 2.24) is 20.3 Å². The first-order chi connectivity index (χ1) is 14.2. The summed E-state index contributed by atoms with van der Waals surface area (Å²) in [6.45, 7) is 9.05. The second-order valence-electron chi connectivity index (χ2n) is 7.89. The Morgan fingerprint density at radius 3 is 2.83 bits per heavy atom. The molecule has 1 aliphatic heterocycles. The lowest BCUT2D eigenvalue weighted by molar-refractivity contribution is -0.122. The van der Waals surface area contributed by atoms with Crippen LogP contribution in [0, 0.1) is 13.8 Å². The van der Waals surface area contributed by atoms with E-state index in [1.807, 2.05) is 6.20 Å². The van der Waals surface area contributed by atoms with Gasteiger partial charge < -0.3 is 21.1 Å². The van der Waals surface area contributed by atoms with Gasteiger partial charge in [0.05, 0.1) is 18.8 Å². The molecule has 8 nitrogen and oxygen atoms in total. The number of carbonyl (C=O) groups is 1. The Balaban J connectivity index is 1.90. The van der Waals surface area contributed by atoms with Crippen LogP contribution in [0.25, 0.3) is 0 Å². The van der Waals surface area contributed by atoms with Crippen molar-refractivity contribution in [3.05, 3.63) is 39.3 Å². The summed E-state index contributed by atoms with van der Waals surface area (Å²) in [5.74, 6) is 0.432. The summed E-state index contributed by atoms with van der Waals surface area (Å²) in [5.41, 5.74) is 11.2. The first-order valence-corrected chi connectivity index (χ1v) is 10.5. The van der Waals surface area contributed by atoms with Gasteiger partial charge in [-0.3, -0.25) is 9.78 Å². The molecule has 162 valence electrons. The van der Waals surface area contributed by atoms with Crippen molar-refractivity contribution in [3.8, 4) is 0 Å². The maximum atomic E-state index is 12.4. The molecule has 0 fully saturated rings. The highest BCUT2D eigenvalue weighted by molar-refractivity contribution is 6.30. The maximum absolute atomic E-state index is 12.4. The number of nitrogens with two attached hydrogens (primary N) is 1. The second kappa shape index (κ2) is 9.14. The van der Waals surface area contributed by atoms with E-state index in [9.17, 15) is 9.90 Å². The van der Waals surface area contributed by atoms with Gasteiger partial charge in [0.1, 0.15) is 11.0 Å². The molecule has 4 N–H and O–H groups in total. The molecule has 9 heteroatoms. The number of aliphatic hydroxyl groups excluding tert-OH is 1. The number of anilines is 2. The van der Waals surface area contributed by atoms with Crippen LogP contribution in [0.5, 0.6) is 0 Å². The fraction of sp³-hybridized carbons (Fsp3) is 0.524. The highest BCUT2D eigenvalue weighted by Gasteiger charge is 2.35. The Labute approximate surface area is 181 Å². The molecule has 0 aromatic carbocycles. The minimum Gasteiger partial charge on any atom is -0.394 e. The van der Waals surface area contributed by atoms with E-state index in [1.54, 1.807) is 6.92 Å².